The Kier molecular flexibility index (Phi) is 5.14. The predicted octanol–water partition coefficient (Wildman–Crippen LogP) is 4.42. The summed E-state index contributed by atoms with van der Waals surface area (Å²) >= 11 is 0. The van der Waals surface area contributed by atoms with Gasteiger partial charge in [-0.15, -0.1) is 0 Å². The van der Waals surface area contributed by atoms with Crippen molar-refractivity contribution < 1.29 is 18.3 Å². The number of rotatable bonds is 4. The van der Waals surface area contributed by atoms with Crippen LogP contribution in [0, 0.1) is 5.92 Å². The zero-order valence-corrected chi connectivity index (χ0v) is 12.3. The summed E-state index contributed by atoms with van der Waals surface area (Å²) in [6.07, 6.45) is 0.174. The van der Waals surface area contributed by atoms with Crippen molar-refractivity contribution >= 4 is 0 Å². The molecule has 5 heteroatoms. The Morgan fingerprint density at radius 1 is 1.24 bits per heavy atom. The molecule has 0 atom stereocenters. The second kappa shape index (κ2) is 6.69. The molecule has 0 spiro atoms. The van der Waals surface area contributed by atoms with E-state index in [0.29, 0.717) is 12.1 Å². The van der Waals surface area contributed by atoms with Gasteiger partial charge in [0, 0.05) is 6.54 Å². The van der Waals surface area contributed by atoms with E-state index in [4.69, 9.17) is 0 Å². The molecular weight excluding hydrogens is 279 g/mol. The van der Waals surface area contributed by atoms with Gasteiger partial charge in [-0.1, -0.05) is 25.8 Å². The lowest BCUT2D eigenvalue weighted by Gasteiger charge is -2.32. The summed E-state index contributed by atoms with van der Waals surface area (Å²) in [7, 11) is 0. The molecule has 0 aromatic heterocycles. The summed E-state index contributed by atoms with van der Waals surface area (Å²) in [5.41, 5.74) is -0.338. The normalized spacial score (nSPS) is 18.1. The molecule has 0 radical (unpaired) electrons. The third kappa shape index (κ3) is 4.37. The third-order valence-electron chi connectivity index (χ3n) is 4.18. The van der Waals surface area contributed by atoms with Gasteiger partial charge in [-0.05, 0) is 49.5 Å². The molecule has 1 aromatic rings. The van der Waals surface area contributed by atoms with Crippen molar-refractivity contribution in [2.45, 2.75) is 45.3 Å². The number of hydrogen-bond acceptors (Lipinski definition) is 2. The second-order valence-electron chi connectivity index (χ2n) is 5.86. The summed E-state index contributed by atoms with van der Waals surface area (Å²) < 4.78 is 38.3. The van der Waals surface area contributed by atoms with Crippen LogP contribution in [0.3, 0.4) is 0 Å². The van der Waals surface area contributed by atoms with Crippen molar-refractivity contribution in [3.63, 3.8) is 0 Å². The van der Waals surface area contributed by atoms with E-state index >= 15 is 0 Å². The fraction of sp³-hybridized carbons (Fsp3) is 0.625. The molecule has 0 saturated carbocycles. The van der Waals surface area contributed by atoms with Crippen LogP contribution in [0.2, 0.25) is 0 Å². The van der Waals surface area contributed by atoms with E-state index in [0.717, 1.165) is 44.0 Å². The Morgan fingerprint density at radius 3 is 2.48 bits per heavy atom. The van der Waals surface area contributed by atoms with Crippen molar-refractivity contribution in [1.82, 2.24) is 4.90 Å². The Balaban J connectivity index is 1.98. The van der Waals surface area contributed by atoms with Crippen LogP contribution < -0.4 is 0 Å². The van der Waals surface area contributed by atoms with E-state index in [2.05, 4.69) is 11.8 Å². The van der Waals surface area contributed by atoms with Gasteiger partial charge in [0.1, 0.15) is 5.75 Å². The Labute approximate surface area is 123 Å². The highest BCUT2D eigenvalue weighted by molar-refractivity contribution is 5.38. The molecule has 2 nitrogen and oxygen atoms in total. The van der Waals surface area contributed by atoms with Crippen molar-refractivity contribution in [3.05, 3.63) is 29.3 Å². The van der Waals surface area contributed by atoms with Crippen LogP contribution in [0.4, 0.5) is 13.2 Å². The Morgan fingerprint density at radius 2 is 1.90 bits per heavy atom. The molecule has 1 N–H and O–H groups in total. The molecule has 1 heterocycles. The summed E-state index contributed by atoms with van der Waals surface area (Å²) in [5.74, 6) is 0.0599. The van der Waals surface area contributed by atoms with Crippen LogP contribution in [0.15, 0.2) is 18.2 Å². The molecule has 0 unspecified atom stereocenters. The molecule has 1 aliphatic rings. The minimum absolute atomic E-state index is 0.516. The molecule has 0 bridgehead atoms. The van der Waals surface area contributed by atoms with E-state index in [1.54, 1.807) is 6.07 Å². The van der Waals surface area contributed by atoms with Crippen LogP contribution in [-0.4, -0.2) is 23.1 Å². The topological polar surface area (TPSA) is 23.5 Å². The van der Waals surface area contributed by atoms with Gasteiger partial charge in [0.15, 0.2) is 0 Å². The minimum Gasteiger partial charge on any atom is -0.507 e. The highest BCUT2D eigenvalue weighted by Crippen LogP contribution is 2.36. The molecule has 118 valence electrons. The average molecular weight is 301 g/mol. The fourth-order valence-corrected chi connectivity index (χ4v) is 3.01. The molecule has 2 rings (SSSR count). The zero-order chi connectivity index (χ0) is 15.5. The smallest absolute Gasteiger partial charge is 0.419 e. The van der Waals surface area contributed by atoms with E-state index < -0.39 is 17.5 Å². The lowest BCUT2D eigenvalue weighted by molar-refractivity contribution is -0.138. The highest BCUT2D eigenvalue weighted by atomic mass is 19.4. The van der Waals surface area contributed by atoms with Crippen molar-refractivity contribution in [1.29, 1.82) is 0 Å². The SMILES string of the molecule is CCCC1CCN(Cc2ccc(O)c(C(F)(F)F)c2)CC1. The average Bonchev–Trinajstić information content (AvgIpc) is 2.42. The molecule has 1 fully saturated rings. The van der Waals surface area contributed by atoms with Gasteiger partial charge >= 0.3 is 6.18 Å². The van der Waals surface area contributed by atoms with Gasteiger partial charge in [-0.25, -0.2) is 0 Å². The first kappa shape index (κ1) is 16.1. The number of halogens is 3. The van der Waals surface area contributed by atoms with E-state index in [9.17, 15) is 18.3 Å². The lowest BCUT2D eigenvalue weighted by atomic mass is 9.92. The van der Waals surface area contributed by atoms with Gasteiger partial charge in [0.2, 0.25) is 0 Å². The number of alkyl halides is 3. The van der Waals surface area contributed by atoms with Crippen molar-refractivity contribution in [2.75, 3.05) is 13.1 Å². The first-order chi connectivity index (χ1) is 9.90. The molecule has 1 aromatic carbocycles. The number of hydrogen-bond donors (Lipinski definition) is 1. The van der Waals surface area contributed by atoms with Crippen LogP contribution in [0.1, 0.15) is 43.7 Å². The van der Waals surface area contributed by atoms with E-state index in [1.165, 1.54) is 12.8 Å². The molecule has 1 saturated heterocycles. The molecule has 0 amide bonds. The Hall–Kier alpha value is -1.23. The maximum atomic E-state index is 12.8. The monoisotopic (exact) mass is 301 g/mol. The highest BCUT2D eigenvalue weighted by Gasteiger charge is 2.34. The largest absolute Gasteiger partial charge is 0.507 e. The number of piperidine rings is 1. The molecule has 0 aliphatic carbocycles. The van der Waals surface area contributed by atoms with Gasteiger partial charge in [-0.3, -0.25) is 4.90 Å². The van der Waals surface area contributed by atoms with Crippen molar-refractivity contribution in [3.8, 4) is 5.75 Å². The van der Waals surface area contributed by atoms with E-state index in [-0.39, 0.29) is 0 Å². The van der Waals surface area contributed by atoms with Crippen LogP contribution >= 0.6 is 0 Å². The number of phenols is 1. The lowest BCUT2D eigenvalue weighted by Crippen LogP contribution is -2.33. The minimum atomic E-state index is -4.51. The number of likely N-dealkylation sites (tertiary alicyclic amines) is 1. The Bertz CT molecular complexity index is 465. The molecular formula is C16H22F3NO. The number of nitrogens with zero attached hydrogens (tertiary/aromatic N) is 1. The second-order valence-corrected chi connectivity index (χ2v) is 5.86. The fourth-order valence-electron chi connectivity index (χ4n) is 3.01. The maximum absolute atomic E-state index is 12.8. The van der Waals surface area contributed by atoms with E-state index in [1.807, 2.05) is 0 Å². The van der Waals surface area contributed by atoms with Crippen LogP contribution in [0.5, 0.6) is 5.75 Å². The summed E-state index contributed by atoms with van der Waals surface area (Å²) in [6, 6.07) is 3.78. The molecule has 21 heavy (non-hydrogen) atoms. The third-order valence-corrected chi connectivity index (χ3v) is 4.18. The summed E-state index contributed by atoms with van der Waals surface area (Å²) in [6.45, 7) is 4.57. The summed E-state index contributed by atoms with van der Waals surface area (Å²) in [5, 5.41) is 9.34. The van der Waals surface area contributed by atoms with Gasteiger partial charge in [0.25, 0.3) is 0 Å². The van der Waals surface area contributed by atoms with Gasteiger partial charge in [-0.2, -0.15) is 13.2 Å². The standard InChI is InChI=1S/C16H22F3NO/c1-2-3-12-6-8-20(9-7-12)11-13-4-5-15(21)14(10-13)16(17,18)19/h4-5,10,12,21H,2-3,6-9,11H2,1H3. The molecule has 1 aliphatic heterocycles. The van der Waals surface area contributed by atoms with Crippen LogP contribution in [0.25, 0.3) is 0 Å². The quantitative estimate of drug-likeness (QED) is 0.889. The first-order valence-electron chi connectivity index (χ1n) is 7.51. The first-order valence-corrected chi connectivity index (χ1v) is 7.51. The van der Waals surface area contributed by atoms with Gasteiger partial charge < -0.3 is 5.11 Å². The van der Waals surface area contributed by atoms with Crippen LogP contribution in [-0.2, 0) is 12.7 Å². The predicted molar refractivity (Wildman–Crippen MR) is 76.0 cm³/mol. The van der Waals surface area contributed by atoms with Crippen molar-refractivity contribution in [2.24, 2.45) is 5.92 Å². The zero-order valence-electron chi connectivity index (χ0n) is 12.3. The number of phenolic OH excluding ortho intramolecular Hbond substituents is 1. The summed E-state index contributed by atoms with van der Waals surface area (Å²) in [4.78, 5) is 2.19. The van der Waals surface area contributed by atoms with Gasteiger partial charge in [0.05, 0.1) is 5.56 Å². The number of aromatic hydroxyl groups is 1. The maximum Gasteiger partial charge on any atom is 0.419 e. The number of benzene rings is 1.